The van der Waals surface area contributed by atoms with Gasteiger partial charge in [0.2, 0.25) is 0 Å². The Morgan fingerprint density at radius 1 is 0.625 bits per heavy atom. The highest BCUT2D eigenvalue weighted by Gasteiger charge is 2.42. The second-order valence-electron chi connectivity index (χ2n) is 4.22. The van der Waals surface area contributed by atoms with Gasteiger partial charge in [-0.2, -0.15) is 21.0 Å². The molecule has 4 atom stereocenters. The van der Waals surface area contributed by atoms with Crippen LogP contribution >= 0.6 is 21.0 Å². The smallest absolute Gasteiger partial charge is 0.113 e. The molecule has 1 rings (SSSR count). The highest BCUT2D eigenvalue weighted by Crippen LogP contribution is 2.26. The lowest BCUT2D eigenvalue weighted by molar-refractivity contribution is 0.0430. The van der Waals surface area contributed by atoms with Crippen molar-refractivity contribution in [3.05, 3.63) is 0 Å². The summed E-state index contributed by atoms with van der Waals surface area (Å²) in [5, 5.41) is 39.8. The third kappa shape index (κ3) is 2.42. The maximum atomic E-state index is 9.95. The normalized spacial score (nSPS) is 36.4. The van der Waals surface area contributed by atoms with E-state index in [9.17, 15) is 20.4 Å². The lowest BCUT2D eigenvalue weighted by Gasteiger charge is -2.38. The molecule has 4 unspecified atom stereocenters. The summed E-state index contributed by atoms with van der Waals surface area (Å²) >= 11 is 0. The Balaban J connectivity index is 3.26. The first kappa shape index (κ1) is 14.3. The summed E-state index contributed by atoms with van der Waals surface area (Å²) in [7, 11) is -0.691. The first-order valence-corrected chi connectivity index (χ1v) is 8.98. The Morgan fingerprint density at radius 2 is 0.812 bits per heavy atom. The lowest BCUT2D eigenvalue weighted by Crippen LogP contribution is -2.59. The van der Waals surface area contributed by atoms with Gasteiger partial charge in [0.15, 0.2) is 0 Å². The van der Waals surface area contributed by atoms with Crippen LogP contribution in [-0.4, -0.2) is 79.6 Å². The summed E-state index contributed by atoms with van der Waals surface area (Å²) in [5.74, 6) is 0. The van der Waals surface area contributed by atoms with Crippen LogP contribution in [0.2, 0.25) is 0 Å². The molecule has 0 radical (unpaired) electrons. The summed E-state index contributed by atoms with van der Waals surface area (Å²) < 4.78 is 0. The van der Waals surface area contributed by atoms with E-state index in [4.69, 9.17) is 0 Å². The molecule has 0 spiro atoms. The fourth-order valence-electron chi connectivity index (χ4n) is 1.94. The van der Waals surface area contributed by atoms with Gasteiger partial charge in [0, 0.05) is 9.73 Å². The van der Waals surface area contributed by atoms with Crippen LogP contribution in [0.25, 0.3) is 0 Å². The Hall–Kier alpha value is 0.280. The minimum atomic E-state index is -1.07. The molecule has 0 amide bonds. The van der Waals surface area contributed by atoms with Gasteiger partial charge in [-0.05, 0) is 25.0 Å². The van der Waals surface area contributed by atoms with E-state index in [1.165, 1.54) is 0 Å². The minimum Gasteiger partial charge on any atom is -0.385 e. The van der Waals surface area contributed by atoms with Crippen LogP contribution in [0.1, 0.15) is 0 Å². The lowest BCUT2D eigenvalue weighted by atomic mass is 9.89. The summed E-state index contributed by atoms with van der Waals surface area (Å²) in [4.78, 5) is 0.878. The van der Waals surface area contributed by atoms with Crippen molar-refractivity contribution in [1.29, 1.82) is 0 Å². The third-order valence-electron chi connectivity index (χ3n) is 2.71. The van der Waals surface area contributed by atoms with Crippen LogP contribution in [0.5, 0.6) is 0 Å². The Morgan fingerprint density at radius 3 is 0.938 bits per heavy atom. The average molecular weight is 268 g/mol. The molecule has 0 aromatic rings. The number of rotatable bonds is 0. The molecule has 0 bridgehead atoms. The van der Waals surface area contributed by atoms with Crippen molar-refractivity contribution in [3.63, 3.8) is 0 Å². The second-order valence-corrected chi connectivity index (χ2v) is 8.43. The first-order valence-electron chi connectivity index (χ1n) is 4.90. The van der Waals surface area contributed by atoms with Crippen molar-refractivity contribution < 1.29 is 20.4 Å². The molecule has 96 valence electrons. The molecule has 0 saturated heterocycles. The predicted molar refractivity (Wildman–Crippen MR) is 72.9 cm³/mol. The van der Waals surface area contributed by atoms with E-state index in [-0.39, 0.29) is 21.0 Å². The molecule has 16 heavy (non-hydrogen) atoms. The largest absolute Gasteiger partial charge is 0.385 e. The van der Waals surface area contributed by atoms with Gasteiger partial charge in [0.05, 0.1) is 0 Å². The molecular weight excluding hydrogens is 248 g/mol. The van der Waals surface area contributed by atoms with Crippen LogP contribution in [0.15, 0.2) is 0 Å². The van der Waals surface area contributed by atoms with E-state index in [0.29, 0.717) is 9.73 Å². The van der Waals surface area contributed by atoms with E-state index < -0.39 is 24.4 Å². The van der Waals surface area contributed by atoms with Gasteiger partial charge in [0.1, 0.15) is 24.4 Å². The molecule has 4 nitrogen and oxygen atoms in total. The zero-order chi connectivity index (χ0) is 12.6. The zero-order valence-electron chi connectivity index (χ0n) is 9.91. The van der Waals surface area contributed by atoms with Crippen molar-refractivity contribution in [2.75, 3.05) is 25.0 Å². The maximum Gasteiger partial charge on any atom is 0.113 e. The monoisotopic (exact) mass is 268 g/mol. The van der Waals surface area contributed by atoms with Crippen molar-refractivity contribution in [2.24, 2.45) is 0 Å². The molecule has 1 aliphatic carbocycles. The summed E-state index contributed by atoms with van der Waals surface area (Å²) in [6.45, 7) is 0. The molecule has 0 aromatic carbocycles. The Bertz CT molecular complexity index is 289. The quantitative estimate of drug-likeness (QED) is 0.418. The Kier molecular flexibility index (Phi) is 4.74. The van der Waals surface area contributed by atoms with E-state index in [1.54, 1.807) is 0 Å². The van der Waals surface area contributed by atoms with Crippen molar-refractivity contribution in [2.45, 2.75) is 24.4 Å². The van der Waals surface area contributed by atoms with Gasteiger partial charge >= 0.3 is 0 Å². The van der Waals surface area contributed by atoms with Crippen LogP contribution in [0.4, 0.5) is 0 Å². The van der Waals surface area contributed by atoms with Gasteiger partial charge in [-0.25, -0.2) is 0 Å². The molecule has 1 saturated carbocycles. The minimum absolute atomic E-state index is 0.345. The fourth-order valence-corrected chi connectivity index (χ4v) is 4.39. The van der Waals surface area contributed by atoms with Crippen LogP contribution in [0.3, 0.4) is 0 Å². The van der Waals surface area contributed by atoms with Gasteiger partial charge < -0.3 is 20.4 Å². The number of aliphatic hydroxyl groups is 4. The molecule has 0 heterocycles. The zero-order valence-corrected chi connectivity index (χ0v) is 11.5. The van der Waals surface area contributed by atoms with Crippen molar-refractivity contribution >= 4 is 30.7 Å². The molecular formula is C10H20O4S2. The summed E-state index contributed by atoms with van der Waals surface area (Å²) in [5.41, 5.74) is 0. The van der Waals surface area contributed by atoms with Crippen LogP contribution < -0.4 is 0 Å². The predicted octanol–water partition coefficient (Wildman–Crippen LogP) is -1.15. The molecule has 1 aliphatic rings. The summed E-state index contributed by atoms with van der Waals surface area (Å²) in [6.07, 6.45) is 3.13. The average Bonchev–Trinajstić information content (AvgIpc) is 2.14. The highest BCUT2D eigenvalue weighted by molar-refractivity contribution is 8.15. The van der Waals surface area contributed by atoms with Crippen molar-refractivity contribution in [3.8, 4) is 0 Å². The van der Waals surface area contributed by atoms with Gasteiger partial charge in [-0.15, -0.1) is 0 Å². The van der Waals surface area contributed by atoms with Crippen LogP contribution in [-0.2, 0) is 0 Å². The van der Waals surface area contributed by atoms with Gasteiger partial charge in [-0.1, -0.05) is 0 Å². The second kappa shape index (κ2) is 5.29. The highest BCUT2D eigenvalue weighted by atomic mass is 32.2. The molecule has 4 N–H and O–H groups in total. The molecule has 1 fully saturated rings. The number of hydrogen-bond acceptors (Lipinski definition) is 4. The Labute approximate surface area is 101 Å². The SMILES string of the molecule is CS(C)=C1C(O)C(O)C(=S(C)C)C(O)C1O. The molecule has 6 heteroatoms. The van der Waals surface area contributed by atoms with E-state index in [2.05, 4.69) is 0 Å². The van der Waals surface area contributed by atoms with Crippen LogP contribution in [0, 0.1) is 0 Å². The summed E-state index contributed by atoms with van der Waals surface area (Å²) in [6, 6.07) is 0. The molecule has 0 aliphatic heterocycles. The third-order valence-corrected chi connectivity index (χ3v) is 5.56. The van der Waals surface area contributed by atoms with Crippen molar-refractivity contribution in [1.82, 2.24) is 0 Å². The number of aliphatic hydroxyl groups excluding tert-OH is 4. The topological polar surface area (TPSA) is 80.9 Å². The van der Waals surface area contributed by atoms with E-state index in [0.717, 1.165) is 0 Å². The first-order chi connectivity index (χ1) is 7.29. The standard InChI is InChI=1S/C10H20O4S2/c1-15(2)9-5(11)7(13)10(16(3)4)8(14)6(9)12/h5-8,11-14H,1-4H3. The van der Waals surface area contributed by atoms with Gasteiger partial charge in [0.25, 0.3) is 0 Å². The maximum absolute atomic E-state index is 9.95. The molecule has 0 aromatic heterocycles. The van der Waals surface area contributed by atoms with E-state index >= 15 is 0 Å². The van der Waals surface area contributed by atoms with Gasteiger partial charge in [-0.3, -0.25) is 0 Å². The fraction of sp³-hybridized carbons (Fsp3) is 0.800. The van der Waals surface area contributed by atoms with E-state index in [1.807, 2.05) is 25.0 Å². The number of hydrogen-bond donors (Lipinski definition) is 4.